The zero-order valence-corrected chi connectivity index (χ0v) is 14.0. The minimum atomic E-state index is 0.0866. The quantitative estimate of drug-likeness (QED) is 0.821. The van der Waals surface area contributed by atoms with E-state index in [1.807, 2.05) is 5.38 Å². The van der Waals surface area contributed by atoms with Crippen LogP contribution in [-0.4, -0.2) is 54.9 Å². The molecule has 0 spiro atoms. The summed E-state index contributed by atoms with van der Waals surface area (Å²) >= 11 is 1.55. The molecule has 1 rings (SSSR count). The summed E-state index contributed by atoms with van der Waals surface area (Å²) in [4.78, 5) is 20.0. The van der Waals surface area contributed by atoms with Crippen molar-refractivity contribution in [3.8, 4) is 0 Å². The highest BCUT2D eigenvalue weighted by molar-refractivity contribution is 7.09. The number of hydrogen-bond donors (Lipinski definition) is 1. The lowest BCUT2D eigenvalue weighted by Crippen LogP contribution is -2.36. The van der Waals surface area contributed by atoms with Crippen molar-refractivity contribution in [1.82, 2.24) is 14.8 Å². The number of carbonyl (C=O) groups excluding carboxylic acids is 1. The van der Waals surface area contributed by atoms with E-state index >= 15 is 0 Å². The fourth-order valence-corrected chi connectivity index (χ4v) is 2.69. The van der Waals surface area contributed by atoms with Crippen LogP contribution in [0, 0.1) is 5.41 Å². The number of carbonyl (C=O) groups is 1. The van der Waals surface area contributed by atoms with Crippen molar-refractivity contribution >= 4 is 17.2 Å². The Morgan fingerprint density at radius 3 is 2.60 bits per heavy atom. The van der Waals surface area contributed by atoms with Gasteiger partial charge in [-0.05, 0) is 19.0 Å². The van der Waals surface area contributed by atoms with Gasteiger partial charge in [0.25, 0.3) is 0 Å². The molecule has 0 saturated carbocycles. The summed E-state index contributed by atoms with van der Waals surface area (Å²) in [5, 5.41) is 2.91. The number of nitrogens with two attached hydrogens (primary N) is 1. The van der Waals surface area contributed by atoms with E-state index in [0.717, 1.165) is 23.8 Å². The molecule has 0 aliphatic heterocycles. The lowest BCUT2D eigenvalue weighted by Gasteiger charge is -2.28. The summed E-state index contributed by atoms with van der Waals surface area (Å²) in [5.74, 6) is 0.0866. The average molecular weight is 298 g/mol. The molecule has 1 aromatic heterocycles. The van der Waals surface area contributed by atoms with E-state index in [0.29, 0.717) is 13.0 Å². The Balaban J connectivity index is 2.54. The predicted octanol–water partition coefficient (Wildman–Crippen LogP) is 1.19. The number of aromatic nitrogens is 1. The van der Waals surface area contributed by atoms with Crippen LogP contribution in [0.3, 0.4) is 0 Å². The van der Waals surface area contributed by atoms with Gasteiger partial charge in [0.2, 0.25) is 5.91 Å². The van der Waals surface area contributed by atoms with Gasteiger partial charge in [0.15, 0.2) is 0 Å². The molecule has 0 fully saturated rings. The maximum absolute atomic E-state index is 11.6. The molecule has 114 valence electrons. The van der Waals surface area contributed by atoms with Crippen molar-refractivity contribution in [3.63, 3.8) is 0 Å². The Labute approximate surface area is 125 Å². The second-order valence-electron chi connectivity index (χ2n) is 6.24. The fourth-order valence-electron chi connectivity index (χ4n) is 1.92. The van der Waals surface area contributed by atoms with Gasteiger partial charge >= 0.3 is 0 Å². The second-order valence-corrected chi connectivity index (χ2v) is 7.18. The number of nitrogens with zero attached hydrogens (tertiary/aromatic N) is 3. The lowest BCUT2D eigenvalue weighted by molar-refractivity contribution is -0.127. The van der Waals surface area contributed by atoms with Gasteiger partial charge in [0.05, 0.1) is 12.1 Å². The summed E-state index contributed by atoms with van der Waals surface area (Å²) in [7, 11) is 5.60. The third-order valence-electron chi connectivity index (χ3n) is 3.08. The molecule has 0 bridgehead atoms. The van der Waals surface area contributed by atoms with Gasteiger partial charge in [-0.1, -0.05) is 13.8 Å². The normalized spacial score (nSPS) is 11.9. The van der Waals surface area contributed by atoms with E-state index in [2.05, 4.69) is 30.8 Å². The van der Waals surface area contributed by atoms with Crippen LogP contribution in [0.25, 0.3) is 0 Å². The maximum atomic E-state index is 11.6. The molecular weight excluding hydrogens is 272 g/mol. The van der Waals surface area contributed by atoms with Crippen LogP contribution in [0.5, 0.6) is 0 Å². The molecule has 0 saturated heterocycles. The highest BCUT2D eigenvalue weighted by Gasteiger charge is 2.19. The predicted molar refractivity (Wildman–Crippen MR) is 83.7 cm³/mol. The summed E-state index contributed by atoms with van der Waals surface area (Å²) in [6.45, 7) is 6.69. The highest BCUT2D eigenvalue weighted by Crippen LogP contribution is 2.17. The van der Waals surface area contributed by atoms with Crippen molar-refractivity contribution in [2.24, 2.45) is 11.1 Å². The number of rotatable bonds is 7. The SMILES string of the molecule is CN(Cc1csc(CC(=O)N(C)C)n1)CC(C)(C)CN. The molecule has 6 heteroatoms. The van der Waals surface area contributed by atoms with E-state index in [1.165, 1.54) is 0 Å². The van der Waals surface area contributed by atoms with Crippen molar-refractivity contribution in [1.29, 1.82) is 0 Å². The Kier molecular flexibility index (Phi) is 6.10. The molecule has 20 heavy (non-hydrogen) atoms. The van der Waals surface area contributed by atoms with E-state index in [1.54, 1.807) is 30.3 Å². The third-order valence-corrected chi connectivity index (χ3v) is 3.98. The summed E-state index contributed by atoms with van der Waals surface area (Å²) < 4.78 is 0. The Bertz CT molecular complexity index is 442. The number of amides is 1. The van der Waals surface area contributed by atoms with Crippen LogP contribution in [-0.2, 0) is 17.8 Å². The van der Waals surface area contributed by atoms with Crippen molar-refractivity contribution in [3.05, 3.63) is 16.1 Å². The van der Waals surface area contributed by atoms with Crippen LogP contribution in [0.2, 0.25) is 0 Å². The zero-order valence-electron chi connectivity index (χ0n) is 13.1. The fraction of sp³-hybridized carbons (Fsp3) is 0.714. The van der Waals surface area contributed by atoms with Gasteiger partial charge in [0, 0.05) is 32.6 Å². The zero-order chi connectivity index (χ0) is 15.3. The van der Waals surface area contributed by atoms with Crippen LogP contribution in [0.15, 0.2) is 5.38 Å². The van der Waals surface area contributed by atoms with Crippen molar-refractivity contribution in [2.75, 3.05) is 34.2 Å². The molecule has 0 aliphatic carbocycles. The Morgan fingerprint density at radius 1 is 1.40 bits per heavy atom. The van der Waals surface area contributed by atoms with Crippen LogP contribution in [0.1, 0.15) is 24.5 Å². The van der Waals surface area contributed by atoms with Crippen molar-refractivity contribution < 1.29 is 4.79 Å². The van der Waals surface area contributed by atoms with Gasteiger partial charge < -0.3 is 10.6 Å². The van der Waals surface area contributed by atoms with Crippen molar-refractivity contribution in [2.45, 2.75) is 26.8 Å². The van der Waals surface area contributed by atoms with Gasteiger partial charge in [0.1, 0.15) is 5.01 Å². The van der Waals surface area contributed by atoms with E-state index in [4.69, 9.17) is 5.73 Å². The summed E-state index contributed by atoms with van der Waals surface area (Å²) in [6, 6.07) is 0. The molecule has 0 unspecified atom stereocenters. The molecule has 1 aromatic rings. The minimum Gasteiger partial charge on any atom is -0.348 e. The molecule has 1 amide bonds. The smallest absolute Gasteiger partial charge is 0.228 e. The lowest BCUT2D eigenvalue weighted by atomic mass is 9.93. The van der Waals surface area contributed by atoms with E-state index < -0.39 is 0 Å². The van der Waals surface area contributed by atoms with Gasteiger partial charge in [-0.25, -0.2) is 4.98 Å². The van der Waals surface area contributed by atoms with Crippen LogP contribution < -0.4 is 5.73 Å². The first kappa shape index (κ1) is 17.1. The molecule has 1 heterocycles. The summed E-state index contributed by atoms with van der Waals surface area (Å²) in [6.07, 6.45) is 0.385. The first-order chi connectivity index (χ1) is 9.23. The Morgan fingerprint density at radius 2 is 2.05 bits per heavy atom. The van der Waals surface area contributed by atoms with Crippen LogP contribution >= 0.6 is 11.3 Å². The monoisotopic (exact) mass is 298 g/mol. The molecule has 5 nitrogen and oxygen atoms in total. The highest BCUT2D eigenvalue weighted by atomic mass is 32.1. The molecule has 0 aliphatic rings. The number of hydrogen-bond acceptors (Lipinski definition) is 5. The second kappa shape index (κ2) is 7.15. The molecule has 0 atom stereocenters. The van der Waals surface area contributed by atoms with E-state index in [9.17, 15) is 4.79 Å². The standard InChI is InChI=1S/C14H26N4OS/c1-14(2,9-15)10-18(5)7-11-8-20-12(16-11)6-13(19)17(3)4/h8H,6-7,9-10,15H2,1-5H3. The topological polar surface area (TPSA) is 62.5 Å². The molecular formula is C14H26N4OS. The molecule has 0 aromatic carbocycles. The van der Waals surface area contributed by atoms with Gasteiger partial charge in [-0.3, -0.25) is 9.69 Å². The third kappa shape index (κ3) is 5.56. The van der Waals surface area contributed by atoms with E-state index in [-0.39, 0.29) is 11.3 Å². The molecule has 0 radical (unpaired) electrons. The number of thiazole rings is 1. The molecule has 2 N–H and O–H groups in total. The average Bonchev–Trinajstić information content (AvgIpc) is 2.75. The van der Waals surface area contributed by atoms with Gasteiger partial charge in [-0.2, -0.15) is 0 Å². The van der Waals surface area contributed by atoms with Crippen LogP contribution in [0.4, 0.5) is 0 Å². The summed E-state index contributed by atoms with van der Waals surface area (Å²) in [5.41, 5.74) is 6.88. The Hall–Kier alpha value is -0.980. The first-order valence-corrected chi connectivity index (χ1v) is 7.63. The number of likely N-dealkylation sites (N-methyl/N-ethyl adjacent to an activating group) is 1. The largest absolute Gasteiger partial charge is 0.348 e. The van der Waals surface area contributed by atoms with Gasteiger partial charge in [-0.15, -0.1) is 11.3 Å². The maximum Gasteiger partial charge on any atom is 0.228 e. The minimum absolute atomic E-state index is 0.0866. The first-order valence-electron chi connectivity index (χ1n) is 6.75.